The highest BCUT2D eigenvalue weighted by Crippen LogP contribution is 2.31. The van der Waals surface area contributed by atoms with E-state index in [4.69, 9.17) is 0 Å². The van der Waals surface area contributed by atoms with Gasteiger partial charge in [0.25, 0.3) is 0 Å². The van der Waals surface area contributed by atoms with E-state index in [1.807, 2.05) is 48.5 Å². The molecular weight excluding hydrogens is 819 g/mol. The Hall–Kier alpha value is -6.23. The summed E-state index contributed by atoms with van der Waals surface area (Å²) >= 11 is 0. The van der Waals surface area contributed by atoms with E-state index in [0.717, 1.165) is 58.7 Å². The molecular formula is C47H57N9O8. The lowest BCUT2D eigenvalue weighted by Crippen LogP contribution is -2.59. The zero-order valence-corrected chi connectivity index (χ0v) is 35.9. The molecule has 6 N–H and O–H groups in total. The molecule has 2 aromatic carbocycles. The van der Waals surface area contributed by atoms with Crippen molar-refractivity contribution < 1.29 is 38.7 Å². The molecule has 0 unspecified atom stereocenters. The molecule has 64 heavy (non-hydrogen) atoms. The number of carboxylic acid groups (broad SMARTS) is 1. The second kappa shape index (κ2) is 18.5. The maximum absolute atomic E-state index is 14.5. The van der Waals surface area contributed by atoms with Crippen molar-refractivity contribution in [2.24, 2.45) is 0 Å². The van der Waals surface area contributed by atoms with Gasteiger partial charge in [-0.05, 0) is 94.0 Å². The highest BCUT2D eigenvalue weighted by atomic mass is 16.4. The van der Waals surface area contributed by atoms with Crippen molar-refractivity contribution in [1.29, 1.82) is 0 Å². The number of aliphatic carboxylic acids is 1. The van der Waals surface area contributed by atoms with Gasteiger partial charge in [-0.15, -0.1) is 0 Å². The molecule has 0 spiro atoms. The quantitative estimate of drug-likeness (QED) is 0.116. The average molecular weight is 876 g/mol. The van der Waals surface area contributed by atoms with Crippen LogP contribution in [-0.2, 0) is 46.4 Å². The Bertz CT molecular complexity index is 2440. The summed E-state index contributed by atoms with van der Waals surface area (Å²) in [6, 6.07) is 9.19. The fourth-order valence-corrected chi connectivity index (χ4v) is 10.8. The van der Waals surface area contributed by atoms with E-state index < -0.39 is 54.0 Å². The van der Waals surface area contributed by atoms with Crippen molar-refractivity contribution in [3.8, 4) is 0 Å². The number of nitrogens with zero attached hydrogens (tertiary/aromatic N) is 4. The zero-order chi connectivity index (χ0) is 44.5. The topological polar surface area (TPSA) is 220 Å². The van der Waals surface area contributed by atoms with Crippen molar-refractivity contribution in [2.45, 2.75) is 119 Å². The number of aromatic nitrogens is 2. The number of carboxylic acids is 1. The van der Waals surface area contributed by atoms with Crippen molar-refractivity contribution in [3.63, 3.8) is 0 Å². The molecule has 5 aliphatic rings. The fourth-order valence-electron chi connectivity index (χ4n) is 10.8. The number of amides is 6. The van der Waals surface area contributed by atoms with Gasteiger partial charge in [0.2, 0.25) is 35.4 Å². The van der Waals surface area contributed by atoms with E-state index in [1.165, 1.54) is 4.90 Å². The maximum Gasteiger partial charge on any atom is 0.326 e. The molecule has 0 radical (unpaired) electrons. The van der Waals surface area contributed by atoms with Crippen LogP contribution in [0.25, 0.3) is 21.8 Å². The van der Waals surface area contributed by atoms with Gasteiger partial charge in [0, 0.05) is 73.2 Å². The normalized spacial score (nSPS) is 24.4. The third-order valence-corrected chi connectivity index (χ3v) is 14.1. The highest BCUT2D eigenvalue weighted by molar-refractivity contribution is 5.98. The van der Waals surface area contributed by atoms with Crippen LogP contribution in [0.2, 0.25) is 0 Å². The van der Waals surface area contributed by atoms with Crippen LogP contribution in [-0.4, -0.2) is 151 Å². The van der Waals surface area contributed by atoms with Crippen LogP contribution in [0.5, 0.6) is 0 Å². The average Bonchev–Trinajstić information content (AvgIpc) is 4.17. The molecule has 338 valence electrons. The summed E-state index contributed by atoms with van der Waals surface area (Å²) in [5.74, 6) is -3.34. The molecule has 6 amide bonds. The number of rotatable bonds is 13. The number of carbonyl (C=O) groups is 7. The molecule has 9 rings (SSSR count). The Morgan fingerprint density at radius 2 is 1.02 bits per heavy atom. The van der Waals surface area contributed by atoms with Gasteiger partial charge in [-0.1, -0.05) is 36.4 Å². The van der Waals surface area contributed by atoms with Gasteiger partial charge in [0.1, 0.15) is 36.3 Å². The number of nitrogens with one attached hydrogen (secondary N) is 5. The van der Waals surface area contributed by atoms with E-state index in [1.54, 1.807) is 27.1 Å². The highest BCUT2D eigenvalue weighted by Gasteiger charge is 2.48. The first kappa shape index (κ1) is 43.0. The van der Waals surface area contributed by atoms with Crippen molar-refractivity contribution in [3.05, 3.63) is 72.1 Å². The van der Waals surface area contributed by atoms with Crippen molar-refractivity contribution in [1.82, 2.24) is 45.5 Å². The maximum atomic E-state index is 14.5. The number of fused-ring (bicyclic) bond motifs is 2. The second-order valence-corrected chi connectivity index (χ2v) is 18.0. The number of carbonyl (C=O) groups excluding carboxylic acids is 6. The van der Waals surface area contributed by atoms with Crippen molar-refractivity contribution >= 4 is 63.2 Å². The molecule has 5 saturated heterocycles. The Labute approximate surface area is 370 Å². The number of hydrogen-bond acceptors (Lipinski definition) is 8. The lowest BCUT2D eigenvalue weighted by Gasteiger charge is -2.36. The molecule has 7 heterocycles. The second-order valence-electron chi connectivity index (χ2n) is 18.0. The van der Waals surface area contributed by atoms with Crippen LogP contribution in [0.15, 0.2) is 60.9 Å². The van der Waals surface area contributed by atoms with Crippen LogP contribution in [0, 0.1) is 0 Å². The van der Waals surface area contributed by atoms with Crippen molar-refractivity contribution in [2.75, 3.05) is 32.7 Å². The number of aromatic amines is 2. The minimum absolute atomic E-state index is 0.00393. The Morgan fingerprint density at radius 3 is 1.50 bits per heavy atom. The number of benzene rings is 2. The lowest BCUT2D eigenvalue weighted by molar-refractivity contribution is -0.152. The molecule has 5 fully saturated rings. The van der Waals surface area contributed by atoms with Gasteiger partial charge in [-0.3, -0.25) is 28.8 Å². The molecule has 17 heteroatoms. The summed E-state index contributed by atoms with van der Waals surface area (Å²) in [4.78, 5) is 110. The molecule has 2 aromatic heterocycles. The van der Waals surface area contributed by atoms with Crippen LogP contribution in [0.4, 0.5) is 0 Å². The van der Waals surface area contributed by atoms with Gasteiger partial charge in [0.05, 0.1) is 6.04 Å². The summed E-state index contributed by atoms with van der Waals surface area (Å²) in [5, 5.41) is 20.8. The van der Waals surface area contributed by atoms with E-state index >= 15 is 0 Å². The third kappa shape index (κ3) is 8.44. The zero-order valence-electron chi connectivity index (χ0n) is 35.9. The number of para-hydroxylation sites is 2. The fraction of sp³-hybridized carbons (Fsp3) is 0.511. The van der Waals surface area contributed by atoms with E-state index in [2.05, 4.69) is 25.9 Å². The monoisotopic (exact) mass is 875 g/mol. The Kier molecular flexibility index (Phi) is 12.4. The first-order valence-corrected chi connectivity index (χ1v) is 23.0. The minimum atomic E-state index is -1.30. The summed E-state index contributed by atoms with van der Waals surface area (Å²) in [6.45, 7) is 2.32. The minimum Gasteiger partial charge on any atom is -0.480 e. The van der Waals surface area contributed by atoms with E-state index in [-0.39, 0.29) is 49.1 Å². The largest absolute Gasteiger partial charge is 0.480 e. The molecule has 0 bridgehead atoms. The summed E-state index contributed by atoms with van der Waals surface area (Å²) in [5.41, 5.74) is 3.14. The predicted octanol–water partition coefficient (Wildman–Crippen LogP) is 2.20. The van der Waals surface area contributed by atoms with E-state index in [9.17, 15) is 38.7 Å². The summed E-state index contributed by atoms with van der Waals surface area (Å²) < 4.78 is 0. The number of likely N-dealkylation sites (tertiary alicyclic amines) is 4. The first-order chi connectivity index (χ1) is 31.1. The number of hydrogen-bond donors (Lipinski definition) is 6. The molecule has 4 aromatic rings. The molecule has 0 saturated carbocycles. The standard InChI is InChI=1S/C47H57N9O8/c57-41(52-36(47(63)64)25-29-27-50-33-13-4-2-11-31(29)33)35(24-28-26-49-32-12-3-1-10-30(28)32)51-42(58)37-15-6-20-53(37)44(60)39-17-8-22-55(39)46(62)40-18-9-23-56(40)45(61)38-16-7-21-54(38)43(59)34-14-5-19-48-34/h1-4,10-13,26-27,34-40,48-50H,5-9,14-25H2,(H,51,58)(H,52,57)(H,63,64)/t34-,35-,36-,37-,38-,39-,40-/m0/s1. The first-order valence-electron chi connectivity index (χ1n) is 23.0. The van der Waals surface area contributed by atoms with Gasteiger partial charge in [-0.2, -0.15) is 0 Å². The van der Waals surface area contributed by atoms with Crippen LogP contribution in [0.1, 0.15) is 75.3 Å². The molecule has 17 nitrogen and oxygen atoms in total. The SMILES string of the molecule is O=C(O)[C@H](Cc1c[nH]c2ccccc12)NC(=O)[C@H](Cc1c[nH]c2ccccc12)NC(=O)[C@@H]1CCCN1C(=O)[C@@H]1CCCN1C(=O)[C@@H]1CCCN1C(=O)[C@@H]1CCCN1C(=O)[C@@H]1CCCN1. The van der Waals surface area contributed by atoms with Gasteiger partial charge < -0.3 is 50.6 Å². The van der Waals surface area contributed by atoms with E-state index in [0.29, 0.717) is 64.6 Å². The molecule has 0 aliphatic carbocycles. The smallest absolute Gasteiger partial charge is 0.326 e. The summed E-state index contributed by atoms with van der Waals surface area (Å²) in [7, 11) is 0. The lowest BCUT2D eigenvalue weighted by atomic mass is 10.0. The molecule has 7 atom stereocenters. The van der Waals surface area contributed by atoms with Crippen LogP contribution < -0.4 is 16.0 Å². The van der Waals surface area contributed by atoms with Crippen LogP contribution >= 0.6 is 0 Å². The number of H-pyrrole nitrogens is 2. The van der Waals surface area contributed by atoms with Gasteiger partial charge in [0.15, 0.2) is 0 Å². The van der Waals surface area contributed by atoms with Crippen LogP contribution in [0.3, 0.4) is 0 Å². The third-order valence-electron chi connectivity index (χ3n) is 14.1. The van der Waals surface area contributed by atoms with Gasteiger partial charge >= 0.3 is 5.97 Å². The van der Waals surface area contributed by atoms with Gasteiger partial charge in [-0.25, -0.2) is 4.79 Å². The predicted molar refractivity (Wildman–Crippen MR) is 235 cm³/mol. The Balaban J connectivity index is 0.891. The molecule has 5 aliphatic heterocycles. The summed E-state index contributed by atoms with van der Waals surface area (Å²) in [6.07, 6.45) is 9.45. The Morgan fingerprint density at radius 1 is 0.562 bits per heavy atom.